The lowest BCUT2D eigenvalue weighted by atomic mass is 10.1. The van der Waals surface area contributed by atoms with E-state index in [-0.39, 0.29) is 5.97 Å². The summed E-state index contributed by atoms with van der Waals surface area (Å²) in [5, 5.41) is 0.918. The number of rotatable bonds is 1. The van der Waals surface area contributed by atoms with Crippen LogP contribution in [-0.2, 0) is 4.74 Å². The minimum absolute atomic E-state index is 0.375. The second-order valence-corrected chi connectivity index (χ2v) is 5.33. The van der Waals surface area contributed by atoms with E-state index < -0.39 is 0 Å². The normalized spacial score (nSPS) is 10.4. The van der Waals surface area contributed by atoms with Gasteiger partial charge in [0, 0.05) is 19.6 Å². The van der Waals surface area contributed by atoms with Crippen molar-refractivity contribution in [1.82, 2.24) is 4.98 Å². The Morgan fingerprint density at radius 1 is 1.44 bits per heavy atom. The molecule has 0 N–H and O–H groups in total. The van der Waals surface area contributed by atoms with Crippen LogP contribution in [0, 0.1) is 3.57 Å². The van der Waals surface area contributed by atoms with E-state index in [1.807, 2.05) is 12.1 Å². The van der Waals surface area contributed by atoms with Crippen LogP contribution in [0.5, 0.6) is 0 Å². The SMILES string of the molecule is COC(=O)c1cc(Br)cc2cc(I)cnc12. The summed E-state index contributed by atoms with van der Waals surface area (Å²) < 4.78 is 6.59. The van der Waals surface area contributed by atoms with Crippen molar-refractivity contribution in [3.05, 3.63) is 38.0 Å². The van der Waals surface area contributed by atoms with E-state index in [0.717, 1.165) is 13.4 Å². The molecule has 0 fully saturated rings. The third-order valence-corrected chi connectivity index (χ3v) is 3.17. The van der Waals surface area contributed by atoms with Crippen molar-refractivity contribution in [2.45, 2.75) is 0 Å². The maximum absolute atomic E-state index is 11.6. The molecule has 2 rings (SSSR count). The van der Waals surface area contributed by atoms with Crippen LogP contribution in [-0.4, -0.2) is 18.1 Å². The van der Waals surface area contributed by atoms with Gasteiger partial charge >= 0.3 is 5.97 Å². The van der Waals surface area contributed by atoms with E-state index in [1.165, 1.54) is 7.11 Å². The number of esters is 1. The number of halogens is 2. The van der Waals surface area contributed by atoms with Crippen molar-refractivity contribution in [2.24, 2.45) is 0 Å². The Morgan fingerprint density at radius 2 is 2.19 bits per heavy atom. The highest BCUT2D eigenvalue weighted by Gasteiger charge is 2.12. The van der Waals surface area contributed by atoms with Gasteiger partial charge in [0.05, 0.1) is 18.2 Å². The fourth-order valence-corrected chi connectivity index (χ4v) is 2.40. The van der Waals surface area contributed by atoms with Crippen molar-refractivity contribution in [2.75, 3.05) is 7.11 Å². The summed E-state index contributed by atoms with van der Waals surface area (Å²) in [7, 11) is 1.36. The fourth-order valence-electron chi connectivity index (χ4n) is 1.45. The zero-order valence-electron chi connectivity index (χ0n) is 8.33. The van der Waals surface area contributed by atoms with E-state index in [1.54, 1.807) is 12.3 Å². The molecule has 0 saturated heterocycles. The van der Waals surface area contributed by atoms with Gasteiger partial charge in [-0.3, -0.25) is 4.98 Å². The number of hydrogen-bond donors (Lipinski definition) is 0. The molecule has 16 heavy (non-hydrogen) atoms. The molecule has 5 heteroatoms. The van der Waals surface area contributed by atoms with Gasteiger partial charge in [-0.05, 0) is 40.8 Å². The Morgan fingerprint density at radius 3 is 2.88 bits per heavy atom. The first-order valence-electron chi connectivity index (χ1n) is 4.45. The summed E-state index contributed by atoms with van der Waals surface area (Å²) in [4.78, 5) is 15.8. The maximum atomic E-state index is 11.6. The number of carbonyl (C=O) groups is 1. The minimum atomic E-state index is -0.375. The van der Waals surface area contributed by atoms with Gasteiger partial charge in [0.2, 0.25) is 0 Å². The highest BCUT2D eigenvalue weighted by molar-refractivity contribution is 14.1. The van der Waals surface area contributed by atoms with Crippen molar-refractivity contribution < 1.29 is 9.53 Å². The lowest BCUT2D eigenvalue weighted by Gasteiger charge is -2.05. The Kier molecular flexibility index (Phi) is 3.44. The van der Waals surface area contributed by atoms with Crippen molar-refractivity contribution in [3.63, 3.8) is 0 Å². The molecule has 82 valence electrons. The van der Waals surface area contributed by atoms with Crippen LogP contribution in [0.15, 0.2) is 28.9 Å². The Labute approximate surface area is 114 Å². The van der Waals surface area contributed by atoms with E-state index in [9.17, 15) is 4.79 Å². The van der Waals surface area contributed by atoms with Gasteiger partial charge < -0.3 is 4.74 Å². The van der Waals surface area contributed by atoms with Crippen LogP contribution in [0.2, 0.25) is 0 Å². The van der Waals surface area contributed by atoms with Crippen LogP contribution < -0.4 is 0 Å². The topological polar surface area (TPSA) is 39.2 Å². The molecule has 0 atom stereocenters. The number of pyridine rings is 1. The van der Waals surface area contributed by atoms with Gasteiger partial charge in [-0.1, -0.05) is 15.9 Å². The minimum Gasteiger partial charge on any atom is -0.465 e. The second-order valence-electron chi connectivity index (χ2n) is 3.17. The predicted molar refractivity (Wildman–Crippen MR) is 73.5 cm³/mol. The summed E-state index contributed by atoms with van der Waals surface area (Å²) in [6, 6.07) is 5.62. The zero-order valence-corrected chi connectivity index (χ0v) is 12.1. The summed E-state index contributed by atoms with van der Waals surface area (Å²) in [5.74, 6) is -0.375. The summed E-state index contributed by atoms with van der Waals surface area (Å²) in [6.45, 7) is 0. The molecule has 0 aliphatic carbocycles. The van der Waals surface area contributed by atoms with Crippen molar-refractivity contribution in [3.8, 4) is 0 Å². The maximum Gasteiger partial charge on any atom is 0.340 e. The molecule has 1 aromatic heterocycles. The molecule has 1 heterocycles. The number of carbonyl (C=O) groups excluding carboxylic acids is 1. The lowest BCUT2D eigenvalue weighted by molar-refractivity contribution is 0.0602. The largest absolute Gasteiger partial charge is 0.465 e. The highest BCUT2D eigenvalue weighted by atomic mass is 127. The monoisotopic (exact) mass is 391 g/mol. The molecule has 0 aliphatic heterocycles. The number of benzene rings is 1. The Hall–Kier alpha value is -0.690. The van der Waals surface area contributed by atoms with E-state index in [0.29, 0.717) is 11.1 Å². The summed E-state index contributed by atoms with van der Waals surface area (Å²) in [5.41, 5.74) is 1.14. The highest BCUT2D eigenvalue weighted by Crippen LogP contribution is 2.24. The molecular formula is C11H7BrINO2. The molecule has 2 aromatic rings. The van der Waals surface area contributed by atoms with Crippen LogP contribution >= 0.6 is 38.5 Å². The molecule has 3 nitrogen and oxygen atoms in total. The quantitative estimate of drug-likeness (QED) is 0.552. The van der Waals surface area contributed by atoms with E-state index in [4.69, 9.17) is 4.74 Å². The molecular weight excluding hydrogens is 385 g/mol. The van der Waals surface area contributed by atoms with E-state index in [2.05, 4.69) is 43.5 Å². The van der Waals surface area contributed by atoms with Crippen LogP contribution in [0.1, 0.15) is 10.4 Å². The molecule has 1 aromatic carbocycles. The van der Waals surface area contributed by atoms with Crippen molar-refractivity contribution in [1.29, 1.82) is 0 Å². The molecule has 0 bridgehead atoms. The van der Waals surface area contributed by atoms with Gasteiger partial charge in [0.25, 0.3) is 0 Å². The average molecular weight is 392 g/mol. The fraction of sp³-hybridized carbons (Fsp3) is 0.0909. The molecule has 0 unspecified atom stereocenters. The zero-order chi connectivity index (χ0) is 11.7. The van der Waals surface area contributed by atoms with Crippen molar-refractivity contribution >= 4 is 55.4 Å². The number of aromatic nitrogens is 1. The molecule has 0 spiro atoms. The summed E-state index contributed by atoms with van der Waals surface area (Å²) in [6.07, 6.45) is 1.73. The first kappa shape index (κ1) is 11.8. The number of fused-ring (bicyclic) bond motifs is 1. The Bertz CT molecular complexity index is 566. The first-order valence-corrected chi connectivity index (χ1v) is 6.32. The predicted octanol–water partition coefficient (Wildman–Crippen LogP) is 3.39. The number of methoxy groups -OCH3 is 1. The van der Waals surface area contributed by atoms with Crippen LogP contribution in [0.4, 0.5) is 0 Å². The van der Waals surface area contributed by atoms with Gasteiger partial charge in [0.1, 0.15) is 0 Å². The standard InChI is InChI=1S/C11H7BrINO2/c1-16-11(15)9-4-7(12)2-6-3-8(13)5-14-10(6)9/h2-5H,1H3. The molecule has 0 aliphatic rings. The smallest absolute Gasteiger partial charge is 0.340 e. The second kappa shape index (κ2) is 4.67. The van der Waals surface area contributed by atoms with Crippen LogP contribution in [0.25, 0.3) is 10.9 Å². The van der Waals surface area contributed by atoms with Gasteiger partial charge in [-0.25, -0.2) is 4.79 Å². The molecule has 0 radical (unpaired) electrons. The third-order valence-electron chi connectivity index (χ3n) is 2.12. The summed E-state index contributed by atoms with van der Waals surface area (Å²) >= 11 is 5.55. The third kappa shape index (κ3) is 2.20. The van der Waals surface area contributed by atoms with Crippen LogP contribution in [0.3, 0.4) is 0 Å². The molecule has 0 saturated carbocycles. The Balaban J connectivity index is 2.77. The average Bonchev–Trinajstić information content (AvgIpc) is 2.26. The van der Waals surface area contributed by atoms with Gasteiger partial charge in [-0.2, -0.15) is 0 Å². The number of hydrogen-bond acceptors (Lipinski definition) is 3. The van der Waals surface area contributed by atoms with Gasteiger partial charge in [0.15, 0.2) is 0 Å². The first-order chi connectivity index (χ1) is 7.61. The molecule has 0 amide bonds. The number of nitrogens with zero attached hydrogens (tertiary/aromatic N) is 1. The number of ether oxygens (including phenoxy) is 1. The van der Waals surface area contributed by atoms with Gasteiger partial charge in [-0.15, -0.1) is 0 Å². The lowest BCUT2D eigenvalue weighted by Crippen LogP contribution is -2.03. The van der Waals surface area contributed by atoms with E-state index >= 15 is 0 Å².